The van der Waals surface area contributed by atoms with Gasteiger partial charge < -0.3 is 18.9 Å². The van der Waals surface area contributed by atoms with Crippen LogP contribution < -0.4 is 14.2 Å². The van der Waals surface area contributed by atoms with Crippen LogP contribution >= 0.6 is 0 Å². The zero-order valence-electron chi connectivity index (χ0n) is 26.6. The molecule has 0 bridgehead atoms. The third-order valence-corrected chi connectivity index (χ3v) is 8.94. The van der Waals surface area contributed by atoms with Gasteiger partial charge in [0.05, 0.1) is 20.3 Å². The minimum Gasteiger partial charge on any atom is -0.497 e. The lowest BCUT2D eigenvalue weighted by Crippen LogP contribution is -2.19. The lowest BCUT2D eigenvalue weighted by atomic mass is 9.78. The predicted molar refractivity (Wildman–Crippen MR) is 175 cm³/mol. The zero-order valence-corrected chi connectivity index (χ0v) is 26.6. The molecular formula is C39H46O4. The van der Waals surface area contributed by atoms with Crippen molar-refractivity contribution in [2.45, 2.75) is 64.4 Å². The van der Waals surface area contributed by atoms with Crippen LogP contribution in [-0.4, -0.2) is 33.0 Å². The maximum Gasteiger partial charge on any atom is 0.119 e. The summed E-state index contributed by atoms with van der Waals surface area (Å²) in [6, 6.07) is 34.5. The molecule has 4 heteroatoms. The van der Waals surface area contributed by atoms with Gasteiger partial charge in [-0.05, 0) is 83.0 Å². The molecule has 4 aromatic carbocycles. The van der Waals surface area contributed by atoms with Gasteiger partial charge in [-0.1, -0.05) is 95.3 Å². The molecule has 1 heterocycles. The molecule has 4 aromatic rings. The van der Waals surface area contributed by atoms with Gasteiger partial charge in [-0.2, -0.15) is 0 Å². The van der Waals surface area contributed by atoms with E-state index in [0.29, 0.717) is 19.1 Å². The Kier molecular flexibility index (Phi) is 9.46. The lowest BCUT2D eigenvalue weighted by Gasteiger charge is -2.26. The Labute approximate surface area is 258 Å². The standard InChI is InChI=1S/C39H46O4/c1-28(25-41-35-21-15-33(16-22-35)39(4,5)31-13-19-34(40-6)20-14-31)7-8-29-9-11-30(12-10-29)38(2,3)32-17-23-36(24-18-32)42-26-37-27-43-37/h9-24,28,37H,7-8,25-27H2,1-6H3. The van der Waals surface area contributed by atoms with Gasteiger partial charge >= 0.3 is 0 Å². The minimum atomic E-state index is -0.103. The summed E-state index contributed by atoms with van der Waals surface area (Å²) in [7, 11) is 1.70. The van der Waals surface area contributed by atoms with Crippen molar-refractivity contribution in [3.8, 4) is 17.2 Å². The number of benzene rings is 4. The number of hydrogen-bond donors (Lipinski definition) is 0. The summed E-state index contributed by atoms with van der Waals surface area (Å²) < 4.78 is 22.5. The van der Waals surface area contributed by atoms with Gasteiger partial charge in [0.1, 0.15) is 30.0 Å². The van der Waals surface area contributed by atoms with E-state index in [1.807, 2.05) is 12.1 Å². The molecule has 4 nitrogen and oxygen atoms in total. The number of aryl methyl sites for hydroxylation is 1. The van der Waals surface area contributed by atoms with E-state index >= 15 is 0 Å². The molecule has 0 N–H and O–H groups in total. The predicted octanol–water partition coefficient (Wildman–Crippen LogP) is 8.77. The maximum atomic E-state index is 6.18. The summed E-state index contributed by atoms with van der Waals surface area (Å²) in [6.45, 7) is 13.5. The molecule has 1 aliphatic heterocycles. The molecule has 0 spiro atoms. The third kappa shape index (κ3) is 7.80. The Balaban J connectivity index is 1.09. The van der Waals surface area contributed by atoms with Crippen molar-refractivity contribution in [1.82, 2.24) is 0 Å². The van der Waals surface area contributed by atoms with Crippen LogP contribution in [0.2, 0.25) is 0 Å². The molecule has 1 fully saturated rings. The van der Waals surface area contributed by atoms with E-state index in [4.69, 9.17) is 18.9 Å². The average Bonchev–Trinajstić information content (AvgIpc) is 3.87. The Morgan fingerprint density at radius 1 is 0.651 bits per heavy atom. The fourth-order valence-electron chi connectivity index (χ4n) is 5.45. The Morgan fingerprint density at radius 2 is 1.07 bits per heavy atom. The summed E-state index contributed by atoms with van der Waals surface area (Å²) in [5.41, 5.74) is 6.28. The fourth-order valence-corrected chi connectivity index (χ4v) is 5.45. The van der Waals surface area contributed by atoms with Crippen molar-refractivity contribution < 1.29 is 18.9 Å². The van der Waals surface area contributed by atoms with Crippen LogP contribution in [0.4, 0.5) is 0 Å². The topological polar surface area (TPSA) is 40.2 Å². The van der Waals surface area contributed by atoms with Gasteiger partial charge in [-0.3, -0.25) is 0 Å². The van der Waals surface area contributed by atoms with E-state index in [1.165, 1.54) is 27.8 Å². The van der Waals surface area contributed by atoms with Gasteiger partial charge in [0.2, 0.25) is 0 Å². The van der Waals surface area contributed by atoms with Crippen LogP contribution in [0.3, 0.4) is 0 Å². The third-order valence-electron chi connectivity index (χ3n) is 8.94. The molecule has 226 valence electrons. The molecule has 5 rings (SSSR count). The van der Waals surface area contributed by atoms with Crippen LogP contribution in [0, 0.1) is 5.92 Å². The number of hydrogen-bond acceptors (Lipinski definition) is 4. The molecule has 1 aliphatic rings. The van der Waals surface area contributed by atoms with Crippen LogP contribution in [0.15, 0.2) is 97.1 Å². The van der Waals surface area contributed by atoms with Gasteiger partial charge in [0.15, 0.2) is 0 Å². The zero-order chi connectivity index (χ0) is 30.5. The molecule has 1 saturated heterocycles. The van der Waals surface area contributed by atoms with E-state index in [0.717, 1.165) is 36.7 Å². The summed E-state index contributed by atoms with van der Waals surface area (Å²) >= 11 is 0. The molecule has 0 aliphatic carbocycles. The molecule has 43 heavy (non-hydrogen) atoms. The highest BCUT2D eigenvalue weighted by Gasteiger charge is 2.25. The molecule has 2 unspecified atom stereocenters. The lowest BCUT2D eigenvalue weighted by molar-refractivity contribution is 0.252. The van der Waals surface area contributed by atoms with Crippen molar-refractivity contribution >= 4 is 0 Å². The largest absolute Gasteiger partial charge is 0.497 e. The second-order valence-corrected chi connectivity index (χ2v) is 12.9. The first-order valence-electron chi connectivity index (χ1n) is 15.5. The van der Waals surface area contributed by atoms with E-state index in [1.54, 1.807) is 7.11 Å². The Hall–Kier alpha value is -3.76. The van der Waals surface area contributed by atoms with Gasteiger partial charge in [-0.25, -0.2) is 0 Å². The smallest absolute Gasteiger partial charge is 0.119 e. The van der Waals surface area contributed by atoms with Crippen LogP contribution in [-0.2, 0) is 22.0 Å². The molecule has 0 radical (unpaired) electrons. The monoisotopic (exact) mass is 578 g/mol. The average molecular weight is 579 g/mol. The number of rotatable bonds is 14. The van der Waals surface area contributed by atoms with E-state index in [-0.39, 0.29) is 16.9 Å². The normalized spacial score (nSPS) is 15.5. The van der Waals surface area contributed by atoms with Crippen molar-refractivity contribution in [3.05, 3.63) is 125 Å². The van der Waals surface area contributed by atoms with Gasteiger partial charge in [-0.15, -0.1) is 0 Å². The number of epoxide rings is 1. The summed E-state index contributed by atoms with van der Waals surface area (Å²) in [6.07, 6.45) is 2.39. The van der Waals surface area contributed by atoms with Crippen molar-refractivity contribution in [1.29, 1.82) is 0 Å². The SMILES string of the molecule is COc1ccc(C(C)(C)c2ccc(OCC(C)CCc3ccc(C(C)(C)c4ccc(OCC5CO5)cc4)cc3)cc2)cc1. The van der Waals surface area contributed by atoms with Crippen molar-refractivity contribution in [2.75, 3.05) is 26.9 Å². The molecule has 0 aromatic heterocycles. The first kappa shape index (κ1) is 30.7. The highest BCUT2D eigenvalue weighted by Crippen LogP contribution is 2.34. The van der Waals surface area contributed by atoms with Gasteiger partial charge in [0.25, 0.3) is 0 Å². The Morgan fingerprint density at radius 3 is 1.51 bits per heavy atom. The highest BCUT2D eigenvalue weighted by atomic mass is 16.6. The Bertz CT molecular complexity index is 1430. The first-order chi connectivity index (χ1) is 20.6. The van der Waals surface area contributed by atoms with E-state index in [2.05, 4.69) is 120 Å². The first-order valence-corrected chi connectivity index (χ1v) is 15.5. The van der Waals surface area contributed by atoms with Crippen molar-refractivity contribution in [3.63, 3.8) is 0 Å². The van der Waals surface area contributed by atoms with E-state index < -0.39 is 0 Å². The maximum absolute atomic E-state index is 6.18. The summed E-state index contributed by atoms with van der Waals surface area (Å²) in [5.74, 6) is 3.15. The van der Waals surface area contributed by atoms with Crippen LogP contribution in [0.5, 0.6) is 17.2 Å². The molecule has 0 saturated carbocycles. The number of ether oxygens (including phenoxy) is 4. The number of methoxy groups -OCH3 is 1. The quantitative estimate of drug-likeness (QED) is 0.140. The minimum absolute atomic E-state index is 0.0861. The van der Waals surface area contributed by atoms with Crippen molar-refractivity contribution in [2.24, 2.45) is 5.92 Å². The molecule has 2 atom stereocenters. The molecule has 0 amide bonds. The second-order valence-electron chi connectivity index (χ2n) is 12.9. The second kappa shape index (κ2) is 13.3. The van der Waals surface area contributed by atoms with Gasteiger partial charge in [0, 0.05) is 10.8 Å². The van der Waals surface area contributed by atoms with Crippen LogP contribution in [0.25, 0.3) is 0 Å². The fraction of sp³-hybridized carbons (Fsp3) is 0.385. The molecular weight excluding hydrogens is 532 g/mol. The summed E-state index contributed by atoms with van der Waals surface area (Å²) in [5, 5.41) is 0. The van der Waals surface area contributed by atoms with Crippen LogP contribution in [0.1, 0.15) is 68.9 Å². The van der Waals surface area contributed by atoms with E-state index in [9.17, 15) is 0 Å². The summed E-state index contributed by atoms with van der Waals surface area (Å²) in [4.78, 5) is 0. The highest BCUT2D eigenvalue weighted by molar-refractivity contribution is 5.43.